The molecule has 2 aromatic rings. The number of benzene rings is 1. The highest BCUT2D eigenvalue weighted by Crippen LogP contribution is 2.14. The molecule has 0 N–H and O–H groups in total. The number of rotatable bonds is 3. The average Bonchev–Trinajstić information content (AvgIpc) is 2.54. The highest BCUT2D eigenvalue weighted by atomic mass is 19.1. The molecule has 7 heteroatoms. The van der Waals surface area contributed by atoms with Crippen LogP contribution in [0.2, 0.25) is 0 Å². The summed E-state index contributed by atoms with van der Waals surface area (Å²) in [6, 6.07) is 5.47. The van der Waals surface area contributed by atoms with Crippen molar-refractivity contribution in [3.05, 3.63) is 62.3 Å². The van der Waals surface area contributed by atoms with Crippen LogP contribution >= 0.6 is 0 Å². The van der Waals surface area contributed by atoms with Gasteiger partial charge in [-0.15, -0.1) is 0 Å². The van der Waals surface area contributed by atoms with Crippen LogP contribution in [0.15, 0.2) is 23.0 Å². The molecule has 0 saturated carbocycles. The maximum Gasteiger partial charge on any atom is 0.338 e. The second-order valence-corrected chi connectivity index (χ2v) is 4.95. The minimum Gasteiger partial charge on any atom is -0.465 e. The van der Waals surface area contributed by atoms with E-state index in [1.807, 2.05) is 6.07 Å². The van der Waals surface area contributed by atoms with E-state index in [0.29, 0.717) is 16.8 Å². The number of carbonyl (C=O) groups is 1. The largest absolute Gasteiger partial charge is 0.465 e. The van der Waals surface area contributed by atoms with Crippen molar-refractivity contribution in [2.24, 2.45) is 0 Å². The molecule has 6 nitrogen and oxygen atoms in total. The second kappa shape index (κ2) is 6.40. The SMILES string of the molecule is COC(=O)c1cc(F)ccc1Cn1nc(C)c(C)c(C#N)c1=O. The highest BCUT2D eigenvalue weighted by Gasteiger charge is 2.16. The number of hydrogen-bond acceptors (Lipinski definition) is 5. The maximum absolute atomic E-state index is 13.4. The number of ether oxygens (including phenoxy) is 1. The lowest BCUT2D eigenvalue weighted by molar-refractivity contribution is 0.0598. The summed E-state index contributed by atoms with van der Waals surface area (Å²) in [4.78, 5) is 24.0. The summed E-state index contributed by atoms with van der Waals surface area (Å²) in [6.07, 6.45) is 0. The fraction of sp³-hybridized carbons (Fsp3) is 0.250. The number of esters is 1. The Balaban J connectivity index is 2.57. The van der Waals surface area contributed by atoms with Crippen molar-refractivity contribution in [2.45, 2.75) is 20.4 Å². The topological polar surface area (TPSA) is 85.0 Å². The van der Waals surface area contributed by atoms with E-state index in [1.54, 1.807) is 13.8 Å². The Bertz CT molecular complexity index is 881. The lowest BCUT2D eigenvalue weighted by atomic mass is 10.1. The first-order valence-electron chi connectivity index (χ1n) is 6.74. The van der Waals surface area contributed by atoms with Crippen LogP contribution in [-0.4, -0.2) is 22.9 Å². The van der Waals surface area contributed by atoms with Gasteiger partial charge in [0.1, 0.15) is 17.4 Å². The lowest BCUT2D eigenvalue weighted by Gasteiger charge is -2.11. The van der Waals surface area contributed by atoms with Gasteiger partial charge in [0, 0.05) is 0 Å². The second-order valence-electron chi connectivity index (χ2n) is 4.95. The van der Waals surface area contributed by atoms with Gasteiger partial charge in [0.15, 0.2) is 0 Å². The van der Waals surface area contributed by atoms with Gasteiger partial charge in [-0.2, -0.15) is 10.4 Å². The van der Waals surface area contributed by atoms with E-state index < -0.39 is 17.3 Å². The predicted octanol–water partition coefficient (Wildman–Crippen LogP) is 1.71. The molecule has 0 radical (unpaired) electrons. The van der Waals surface area contributed by atoms with E-state index in [1.165, 1.54) is 19.2 Å². The van der Waals surface area contributed by atoms with Crippen LogP contribution in [-0.2, 0) is 11.3 Å². The van der Waals surface area contributed by atoms with Crippen LogP contribution in [0, 0.1) is 31.0 Å². The summed E-state index contributed by atoms with van der Waals surface area (Å²) in [5.41, 5.74) is 0.872. The van der Waals surface area contributed by atoms with Crippen LogP contribution in [0.5, 0.6) is 0 Å². The molecule has 0 atom stereocenters. The molecule has 0 spiro atoms. The molecule has 0 saturated heterocycles. The Morgan fingerprint density at radius 1 is 1.43 bits per heavy atom. The first-order valence-corrected chi connectivity index (χ1v) is 6.74. The van der Waals surface area contributed by atoms with E-state index in [4.69, 9.17) is 5.26 Å². The van der Waals surface area contributed by atoms with Gasteiger partial charge in [-0.1, -0.05) is 6.07 Å². The zero-order valence-corrected chi connectivity index (χ0v) is 12.9. The van der Waals surface area contributed by atoms with Gasteiger partial charge < -0.3 is 4.74 Å². The molecule has 118 valence electrons. The smallest absolute Gasteiger partial charge is 0.338 e. The zero-order valence-electron chi connectivity index (χ0n) is 12.9. The highest BCUT2D eigenvalue weighted by molar-refractivity contribution is 5.91. The monoisotopic (exact) mass is 315 g/mol. The zero-order chi connectivity index (χ0) is 17.1. The number of aryl methyl sites for hydroxylation is 1. The van der Waals surface area contributed by atoms with Crippen molar-refractivity contribution in [1.29, 1.82) is 5.26 Å². The predicted molar refractivity (Wildman–Crippen MR) is 79.5 cm³/mol. The van der Waals surface area contributed by atoms with Gasteiger partial charge >= 0.3 is 5.97 Å². The Hall–Kier alpha value is -3.01. The van der Waals surface area contributed by atoms with Crippen molar-refractivity contribution in [1.82, 2.24) is 9.78 Å². The Labute approximate surface area is 131 Å². The van der Waals surface area contributed by atoms with Crippen molar-refractivity contribution in [3.63, 3.8) is 0 Å². The standard InChI is InChI=1S/C16H14FN3O3/c1-9-10(2)19-20(15(21)14(9)7-18)8-11-4-5-12(17)6-13(11)16(22)23-3/h4-6H,8H2,1-3H3. The number of nitriles is 1. The summed E-state index contributed by atoms with van der Waals surface area (Å²) >= 11 is 0. The fourth-order valence-electron chi connectivity index (χ4n) is 2.16. The van der Waals surface area contributed by atoms with Crippen molar-refractivity contribution < 1.29 is 13.9 Å². The third kappa shape index (κ3) is 3.11. The van der Waals surface area contributed by atoms with Gasteiger partial charge in [-0.25, -0.2) is 13.9 Å². The molecule has 0 aliphatic carbocycles. The average molecular weight is 315 g/mol. The summed E-state index contributed by atoms with van der Waals surface area (Å²) in [5, 5.41) is 13.2. The Kier molecular flexibility index (Phi) is 4.55. The van der Waals surface area contributed by atoms with Gasteiger partial charge in [-0.05, 0) is 37.1 Å². The van der Waals surface area contributed by atoms with Gasteiger partial charge in [0.25, 0.3) is 5.56 Å². The molecule has 0 bridgehead atoms. The number of methoxy groups -OCH3 is 1. The van der Waals surface area contributed by atoms with E-state index in [2.05, 4.69) is 9.84 Å². The number of nitrogens with zero attached hydrogens (tertiary/aromatic N) is 3. The third-order valence-electron chi connectivity index (χ3n) is 3.55. The third-order valence-corrected chi connectivity index (χ3v) is 3.55. The van der Waals surface area contributed by atoms with Gasteiger partial charge in [0.05, 0.1) is 24.9 Å². The lowest BCUT2D eigenvalue weighted by Crippen LogP contribution is -2.28. The molecule has 0 unspecified atom stereocenters. The maximum atomic E-state index is 13.4. The van der Waals surface area contributed by atoms with E-state index in [-0.39, 0.29) is 17.7 Å². The molecule has 0 amide bonds. The molecule has 1 aromatic heterocycles. The first-order chi connectivity index (χ1) is 10.9. The molecule has 0 fully saturated rings. The van der Waals surface area contributed by atoms with Crippen LogP contribution in [0.3, 0.4) is 0 Å². The molecule has 23 heavy (non-hydrogen) atoms. The van der Waals surface area contributed by atoms with Gasteiger partial charge in [0.2, 0.25) is 0 Å². The first kappa shape index (κ1) is 16.4. The number of hydrogen-bond donors (Lipinski definition) is 0. The summed E-state index contributed by atoms with van der Waals surface area (Å²) in [7, 11) is 1.19. The van der Waals surface area contributed by atoms with Crippen LogP contribution in [0.25, 0.3) is 0 Å². The van der Waals surface area contributed by atoms with Crippen molar-refractivity contribution >= 4 is 5.97 Å². The summed E-state index contributed by atoms with van der Waals surface area (Å²) in [5.74, 6) is -1.30. The van der Waals surface area contributed by atoms with Crippen LogP contribution in [0.1, 0.15) is 32.7 Å². The molecule has 0 aliphatic heterocycles. The molecular weight excluding hydrogens is 301 g/mol. The summed E-state index contributed by atoms with van der Waals surface area (Å²) in [6.45, 7) is 3.25. The number of halogens is 1. The molecule has 1 aromatic carbocycles. The molecular formula is C16H14FN3O3. The van der Waals surface area contributed by atoms with Gasteiger partial charge in [-0.3, -0.25) is 4.79 Å². The van der Waals surface area contributed by atoms with E-state index in [0.717, 1.165) is 10.7 Å². The quantitative estimate of drug-likeness (QED) is 0.805. The minimum atomic E-state index is -0.711. The molecule has 2 rings (SSSR count). The molecule has 1 heterocycles. The molecule has 0 aliphatic rings. The summed E-state index contributed by atoms with van der Waals surface area (Å²) < 4.78 is 19.1. The van der Waals surface area contributed by atoms with E-state index >= 15 is 0 Å². The van der Waals surface area contributed by atoms with Crippen molar-refractivity contribution in [2.75, 3.05) is 7.11 Å². The van der Waals surface area contributed by atoms with Crippen LogP contribution < -0.4 is 5.56 Å². The number of carbonyl (C=O) groups excluding carboxylic acids is 1. The van der Waals surface area contributed by atoms with Crippen molar-refractivity contribution in [3.8, 4) is 6.07 Å². The Morgan fingerprint density at radius 2 is 2.13 bits per heavy atom. The van der Waals surface area contributed by atoms with E-state index in [9.17, 15) is 14.0 Å². The number of aromatic nitrogens is 2. The Morgan fingerprint density at radius 3 is 2.74 bits per heavy atom. The fourth-order valence-corrected chi connectivity index (χ4v) is 2.16. The van der Waals surface area contributed by atoms with Crippen LogP contribution in [0.4, 0.5) is 4.39 Å². The normalized spacial score (nSPS) is 10.2. The minimum absolute atomic E-state index is 0.000713.